The van der Waals surface area contributed by atoms with Crippen molar-refractivity contribution in [1.29, 1.82) is 5.26 Å². The quantitative estimate of drug-likeness (QED) is 0.469. The second kappa shape index (κ2) is 8.69. The molecule has 9 heteroatoms. The van der Waals surface area contributed by atoms with Crippen molar-refractivity contribution < 1.29 is 17.6 Å². The molecule has 154 valence electrons. The first-order valence-electron chi connectivity index (χ1n) is 9.17. The Kier molecular flexibility index (Phi) is 5.64. The van der Waals surface area contributed by atoms with Crippen LogP contribution in [0.4, 0.5) is 5.69 Å². The van der Waals surface area contributed by atoms with Crippen molar-refractivity contribution >= 4 is 15.7 Å². The second-order valence-electron chi connectivity index (χ2n) is 6.42. The van der Waals surface area contributed by atoms with Crippen LogP contribution in [0.5, 0.6) is 5.75 Å². The molecule has 0 amide bonds. The lowest BCUT2D eigenvalue weighted by molar-refractivity contribution is 0.264. The van der Waals surface area contributed by atoms with E-state index in [1.54, 1.807) is 24.3 Å². The molecular weight excluding hydrogens is 416 g/mol. The summed E-state index contributed by atoms with van der Waals surface area (Å²) in [4.78, 5) is 0.0671. The molecular formula is C22H16N4O4S. The molecule has 0 atom stereocenters. The second-order valence-corrected chi connectivity index (χ2v) is 8.10. The van der Waals surface area contributed by atoms with E-state index in [0.29, 0.717) is 28.8 Å². The van der Waals surface area contributed by atoms with Crippen molar-refractivity contribution in [3.8, 4) is 23.3 Å². The SMILES string of the molecule is N#Cc1ccc(S(=O)(=O)Nc2ccc(OCc3nnc(-c4ccccc4)o3)cc2)cc1. The number of ether oxygens (including phenoxy) is 1. The minimum atomic E-state index is -3.76. The molecule has 4 rings (SSSR count). The zero-order valence-corrected chi connectivity index (χ0v) is 16.9. The first-order valence-corrected chi connectivity index (χ1v) is 10.7. The van der Waals surface area contributed by atoms with Crippen LogP contribution in [0, 0.1) is 11.3 Å². The number of sulfonamides is 1. The van der Waals surface area contributed by atoms with Crippen molar-refractivity contribution in [1.82, 2.24) is 10.2 Å². The lowest BCUT2D eigenvalue weighted by Gasteiger charge is -2.09. The number of hydrogen-bond acceptors (Lipinski definition) is 7. The predicted octanol–water partition coefficient (Wildman–Crippen LogP) is 3.99. The third kappa shape index (κ3) is 4.88. The molecule has 4 aromatic rings. The smallest absolute Gasteiger partial charge is 0.261 e. The van der Waals surface area contributed by atoms with Gasteiger partial charge in [0, 0.05) is 11.3 Å². The highest BCUT2D eigenvalue weighted by atomic mass is 32.2. The van der Waals surface area contributed by atoms with Crippen LogP contribution in [0.25, 0.3) is 11.5 Å². The zero-order valence-electron chi connectivity index (χ0n) is 16.1. The summed E-state index contributed by atoms with van der Waals surface area (Å²) in [6, 6.07) is 23.4. The Bertz CT molecular complexity index is 1310. The van der Waals surface area contributed by atoms with Gasteiger partial charge in [0.25, 0.3) is 15.9 Å². The van der Waals surface area contributed by atoms with E-state index < -0.39 is 10.0 Å². The van der Waals surface area contributed by atoms with Gasteiger partial charge >= 0.3 is 0 Å². The van der Waals surface area contributed by atoms with Crippen molar-refractivity contribution in [3.63, 3.8) is 0 Å². The molecule has 0 fully saturated rings. The van der Waals surface area contributed by atoms with Gasteiger partial charge in [0.15, 0.2) is 6.61 Å². The molecule has 1 aromatic heterocycles. The first kappa shape index (κ1) is 20.1. The number of benzene rings is 3. The zero-order chi connectivity index (χ0) is 21.7. The van der Waals surface area contributed by atoms with Gasteiger partial charge in [0.05, 0.1) is 16.5 Å². The number of hydrogen-bond donors (Lipinski definition) is 1. The van der Waals surface area contributed by atoms with E-state index in [0.717, 1.165) is 5.56 Å². The minimum Gasteiger partial charge on any atom is -0.484 e. The number of nitrogens with zero attached hydrogens (tertiary/aromatic N) is 3. The van der Waals surface area contributed by atoms with E-state index in [1.807, 2.05) is 36.4 Å². The molecule has 0 radical (unpaired) electrons. The van der Waals surface area contributed by atoms with Crippen LogP contribution in [0.15, 0.2) is 88.2 Å². The Labute approximate surface area is 178 Å². The van der Waals surface area contributed by atoms with Gasteiger partial charge in [0.2, 0.25) is 5.89 Å². The maximum absolute atomic E-state index is 12.5. The Morgan fingerprint density at radius 1 is 0.935 bits per heavy atom. The topological polar surface area (TPSA) is 118 Å². The summed E-state index contributed by atoms with van der Waals surface area (Å²) in [5.74, 6) is 1.25. The van der Waals surface area contributed by atoms with Crippen LogP contribution in [0.2, 0.25) is 0 Å². The predicted molar refractivity (Wildman–Crippen MR) is 112 cm³/mol. The molecule has 1 heterocycles. The molecule has 31 heavy (non-hydrogen) atoms. The van der Waals surface area contributed by atoms with Gasteiger partial charge in [-0.05, 0) is 60.7 Å². The molecule has 0 aliphatic rings. The lowest BCUT2D eigenvalue weighted by atomic mass is 10.2. The van der Waals surface area contributed by atoms with Crippen LogP contribution in [0.3, 0.4) is 0 Å². The van der Waals surface area contributed by atoms with E-state index in [9.17, 15) is 8.42 Å². The van der Waals surface area contributed by atoms with Gasteiger partial charge in [-0.1, -0.05) is 18.2 Å². The highest BCUT2D eigenvalue weighted by Gasteiger charge is 2.14. The van der Waals surface area contributed by atoms with Crippen molar-refractivity contribution in [3.05, 3.63) is 90.3 Å². The normalized spacial score (nSPS) is 10.9. The summed E-state index contributed by atoms with van der Waals surface area (Å²) >= 11 is 0. The van der Waals surface area contributed by atoms with Crippen LogP contribution in [-0.2, 0) is 16.6 Å². The lowest BCUT2D eigenvalue weighted by Crippen LogP contribution is -2.12. The first-order chi connectivity index (χ1) is 15.0. The van der Waals surface area contributed by atoms with Gasteiger partial charge in [-0.2, -0.15) is 5.26 Å². The molecule has 0 spiro atoms. The van der Waals surface area contributed by atoms with Crippen LogP contribution < -0.4 is 9.46 Å². The van der Waals surface area contributed by atoms with E-state index in [2.05, 4.69) is 14.9 Å². The Morgan fingerprint density at radius 3 is 2.32 bits per heavy atom. The molecule has 3 aromatic carbocycles. The number of rotatable bonds is 7. The van der Waals surface area contributed by atoms with Gasteiger partial charge in [-0.3, -0.25) is 4.72 Å². The highest BCUT2D eigenvalue weighted by molar-refractivity contribution is 7.92. The van der Waals surface area contributed by atoms with Crippen molar-refractivity contribution in [2.45, 2.75) is 11.5 Å². The van der Waals surface area contributed by atoms with Crippen LogP contribution in [0.1, 0.15) is 11.5 Å². The molecule has 0 aliphatic heterocycles. The van der Waals surface area contributed by atoms with E-state index in [4.69, 9.17) is 14.4 Å². The maximum atomic E-state index is 12.5. The standard InChI is InChI=1S/C22H16N4O4S/c23-14-16-6-12-20(13-7-16)31(27,28)26-18-8-10-19(11-9-18)29-15-21-24-25-22(30-21)17-4-2-1-3-5-17/h1-13,26H,15H2. The molecule has 0 saturated heterocycles. The van der Waals surface area contributed by atoms with E-state index in [-0.39, 0.29) is 11.5 Å². The van der Waals surface area contributed by atoms with Gasteiger partial charge in [0.1, 0.15) is 5.75 Å². The average molecular weight is 432 g/mol. The summed E-state index contributed by atoms with van der Waals surface area (Å²) in [6.07, 6.45) is 0. The third-order valence-corrected chi connectivity index (χ3v) is 5.65. The summed E-state index contributed by atoms with van der Waals surface area (Å²) in [7, 11) is -3.76. The molecule has 0 unspecified atom stereocenters. The van der Waals surface area contributed by atoms with E-state index >= 15 is 0 Å². The number of nitrogens with one attached hydrogen (secondary N) is 1. The summed E-state index contributed by atoms with van der Waals surface area (Å²) in [5, 5.41) is 16.8. The third-order valence-electron chi connectivity index (χ3n) is 4.25. The Hall–Kier alpha value is -4.16. The number of aromatic nitrogens is 2. The van der Waals surface area contributed by atoms with Crippen molar-refractivity contribution in [2.24, 2.45) is 0 Å². The Balaban J connectivity index is 1.37. The molecule has 1 N–H and O–H groups in total. The molecule has 0 bridgehead atoms. The monoisotopic (exact) mass is 432 g/mol. The fourth-order valence-electron chi connectivity index (χ4n) is 2.70. The summed E-state index contributed by atoms with van der Waals surface area (Å²) in [5.41, 5.74) is 1.58. The summed E-state index contributed by atoms with van der Waals surface area (Å²) < 4.78 is 38.6. The highest BCUT2D eigenvalue weighted by Crippen LogP contribution is 2.21. The fourth-order valence-corrected chi connectivity index (χ4v) is 3.75. The molecule has 0 saturated carbocycles. The number of nitriles is 1. The summed E-state index contributed by atoms with van der Waals surface area (Å²) in [6.45, 7) is 0.0795. The van der Waals surface area contributed by atoms with Gasteiger partial charge < -0.3 is 9.15 Å². The van der Waals surface area contributed by atoms with E-state index in [1.165, 1.54) is 24.3 Å². The largest absolute Gasteiger partial charge is 0.484 e. The van der Waals surface area contributed by atoms with Crippen LogP contribution in [-0.4, -0.2) is 18.6 Å². The van der Waals surface area contributed by atoms with Crippen molar-refractivity contribution in [2.75, 3.05) is 4.72 Å². The molecule has 0 aliphatic carbocycles. The number of anilines is 1. The van der Waals surface area contributed by atoms with Gasteiger partial charge in [-0.15, -0.1) is 10.2 Å². The maximum Gasteiger partial charge on any atom is 0.261 e. The molecule has 8 nitrogen and oxygen atoms in total. The average Bonchev–Trinajstić information content (AvgIpc) is 3.28. The van der Waals surface area contributed by atoms with Crippen LogP contribution >= 0.6 is 0 Å². The minimum absolute atomic E-state index is 0.0671. The fraction of sp³-hybridized carbons (Fsp3) is 0.0455. The Morgan fingerprint density at radius 2 is 1.65 bits per heavy atom. The van der Waals surface area contributed by atoms with Gasteiger partial charge in [-0.25, -0.2) is 8.42 Å².